The van der Waals surface area contributed by atoms with Gasteiger partial charge in [0.25, 0.3) is 0 Å². The lowest BCUT2D eigenvalue weighted by Gasteiger charge is -2.18. The Kier molecular flexibility index (Phi) is 4.72. The van der Waals surface area contributed by atoms with E-state index in [9.17, 15) is 9.59 Å². The molecule has 1 aliphatic heterocycles. The van der Waals surface area contributed by atoms with Gasteiger partial charge in [0.15, 0.2) is 0 Å². The summed E-state index contributed by atoms with van der Waals surface area (Å²) in [6.07, 6.45) is 0. The van der Waals surface area contributed by atoms with Crippen molar-refractivity contribution in [3.8, 4) is 5.75 Å². The predicted molar refractivity (Wildman–Crippen MR) is 81.6 cm³/mol. The van der Waals surface area contributed by atoms with Crippen LogP contribution in [0.15, 0.2) is 22.7 Å². The molecule has 0 radical (unpaired) electrons. The molecule has 1 fully saturated rings. The molecule has 21 heavy (non-hydrogen) atoms. The molecular formula is C14H17BrN2O4. The van der Waals surface area contributed by atoms with Crippen LogP contribution in [-0.4, -0.2) is 42.2 Å². The number of nitrogens with one attached hydrogen (secondary N) is 1. The zero-order chi connectivity index (χ0) is 15.6. The highest BCUT2D eigenvalue weighted by Crippen LogP contribution is 2.29. The Labute approximate surface area is 131 Å². The van der Waals surface area contributed by atoms with Gasteiger partial charge in [-0.15, -0.1) is 0 Å². The monoisotopic (exact) mass is 356 g/mol. The predicted octanol–water partition coefficient (Wildman–Crippen LogP) is 2.64. The second-order valence-corrected chi connectivity index (χ2v) is 5.96. The molecule has 2 amide bonds. The second kappa shape index (κ2) is 6.34. The van der Waals surface area contributed by atoms with Crippen molar-refractivity contribution in [1.82, 2.24) is 4.90 Å². The van der Waals surface area contributed by atoms with Gasteiger partial charge in [0, 0.05) is 23.6 Å². The summed E-state index contributed by atoms with van der Waals surface area (Å²) < 4.78 is 5.85. The van der Waals surface area contributed by atoms with Gasteiger partial charge >= 0.3 is 12.0 Å². The lowest BCUT2D eigenvalue weighted by molar-refractivity contribution is -0.142. The number of aliphatic carboxylic acids is 1. The van der Waals surface area contributed by atoms with Crippen LogP contribution in [0.4, 0.5) is 10.5 Å². The molecule has 1 heterocycles. The van der Waals surface area contributed by atoms with Crippen LogP contribution in [0.3, 0.4) is 0 Å². The molecule has 2 atom stereocenters. The first-order valence-electron chi connectivity index (χ1n) is 6.54. The number of carbonyl (C=O) groups is 2. The average molecular weight is 357 g/mol. The summed E-state index contributed by atoms with van der Waals surface area (Å²) in [5.41, 5.74) is 0.589. The minimum Gasteiger partial charge on any atom is -0.497 e. The number of hydrogen-bond acceptors (Lipinski definition) is 3. The highest BCUT2D eigenvalue weighted by Gasteiger charge is 2.37. The number of hydrogen-bond donors (Lipinski definition) is 2. The Hall–Kier alpha value is -1.76. The summed E-state index contributed by atoms with van der Waals surface area (Å²) in [5.74, 6) is -0.793. The number of likely N-dealkylation sites (tertiary alicyclic amines) is 1. The zero-order valence-corrected chi connectivity index (χ0v) is 13.4. The van der Waals surface area contributed by atoms with Gasteiger partial charge in [0.1, 0.15) is 5.75 Å². The van der Waals surface area contributed by atoms with E-state index in [-0.39, 0.29) is 18.5 Å². The third-order valence-corrected chi connectivity index (χ3v) is 4.32. The average Bonchev–Trinajstić information content (AvgIpc) is 2.83. The maximum absolute atomic E-state index is 12.2. The Bertz CT molecular complexity index is 564. The van der Waals surface area contributed by atoms with E-state index in [4.69, 9.17) is 9.84 Å². The summed E-state index contributed by atoms with van der Waals surface area (Å²) in [6.45, 7) is 2.50. The molecule has 114 valence electrons. The summed E-state index contributed by atoms with van der Waals surface area (Å²) >= 11 is 3.36. The third-order valence-electron chi connectivity index (χ3n) is 3.63. The first-order chi connectivity index (χ1) is 9.92. The van der Waals surface area contributed by atoms with Gasteiger partial charge in [0.05, 0.1) is 18.7 Å². The van der Waals surface area contributed by atoms with Crippen molar-refractivity contribution < 1.29 is 19.4 Å². The zero-order valence-electron chi connectivity index (χ0n) is 11.8. The van der Waals surface area contributed by atoms with Gasteiger partial charge in [-0.05, 0) is 34.0 Å². The van der Waals surface area contributed by atoms with Gasteiger partial charge in [-0.1, -0.05) is 6.92 Å². The van der Waals surface area contributed by atoms with Gasteiger partial charge in [0.2, 0.25) is 0 Å². The van der Waals surface area contributed by atoms with Gasteiger partial charge in [-0.25, -0.2) is 4.79 Å². The van der Waals surface area contributed by atoms with Crippen molar-refractivity contribution in [2.75, 3.05) is 25.5 Å². The number of anilines is 1. The molecule has 1 aromatic rings. The van der Waals surface area contributed by atoms with Crippen LogP contribution in [0.2, 0.25) is 0 Å². The van der Waals surface area contributed by atoms with Crippen molar-refractivity contribution in [3.63, 3.8) is 0 Å². The Morgan fingerprint density at radius 1 is 1.43 bits per heavy atom. The molecule has 2 rings (SSSR count). The fourth-order valence-electron chi connectivity index (χ4n) is 2.38. The topological polar surface area (TPSA) is 78.9 Å². The fraction of sp³-hybridized carbons (Fsp3) is 0.429. The number of carboxylic acids is 1. The molecule has 0 saturated carbocycles. The van der Waals surface area contributed by atoms with Crippen LogP contribution >= 0.6 is 15.9 Å². The van der Waals surface area contributed by atoms with Crippen LogP contribution in [-0.2, 0) is 4.79 Å². The number of ether oxygens (including phenoxy) is 1. The highest BCUT2D eigenvalue weighted by atomic mass is 79.9. The largest absolute Gasteiger partial charge is 0.497 e. The van der Waals surface area contributed by atoms with Gasteiger partial charge < -0.3 is 20.1 Å². The molecule has 2 N–H and O–H groups in total. The second-order valence-electron chi connectivity index (χ2n) is 5.10. The van der Waals surface area contributed by atoms with E-state index >= 15 is 0 Å². The van der Waals surface area contributed by atoms with Crippen LogP contribution in [0, 0.1) is 11.8 Å². The normalized spacial score (nSPS) is 21.2. The standard InChI is InChI=1S/C14H17BrN2O4/c1-8-6-17(7-10(8)13(18)19)14(20)16-12-5-9(21-2)3-4-11(12)15/h3-5,8,10H,6-7H2,1-2H3,(H,16,20)(H,18,19)/t8-,10-/m1/s1. The Morgan fingerprint density at radius 2 is 2.14 bits per heavy atom. The van der Waals surface area contributed by atoms with E-state index in [1.54, 1.807) is 25.3 Å². The van der Waals surface area contributed by atoms with E-state index in [1.807, 2.05) is 6.92 Å². The minimum atomic E-state index is -0.861. The molecule has 0 bridgehead atoms. The number of carbonyl (C=O) groups excluding carboxylic acids is 1. The van der Waals surface area contributed by atoms with Crippen molar-refractivity contribution in [1.29, 1.82) is 0 Å². The number of amides is 2. The van der Waals surface area contributed by atoms with E-state index in [1.165, 1.54) is 4.90 Å². The maximum atomic E-state index is 12.2. The van der Waals surface area contributed by atoms with Crippen LogP contribution < -0.4 is 10.1 Å². The number of nitrogens with zero attached hydrogens (tertiary/aromatic N) is 1. The summed E-state index contributed by atoms with van der Waals surface area (Å²) in [7, 11) is 1.55. The van der Waals surface area contributed by atoms with Crippen molar-refractivity contribution in [3.05, 3.63) is 22.7 Å². The Balaban J connectivity index is 2.07. The summed E-state index contributed by atoms with van der Waals surface area (Å²) in [5, 5.41) is 11.9. The van der Waals surface area contributed by atoms with Crippen molar-refractivity contribution in [2.24, 2.45) is 11.8 Å². The van der Waals surface area contributed by atoms with Gasteiger partial charge in [-0.3, -0.25) is 4.79 Å². The van der Waals surface area contributed by atoms with E-state index in [2.05, 4.69) is 21.2 Å². The molecule has 0 aromatic heterocycles. The molecule has 7 heteroatoms. The fourth-order valence-corrected chi connectivity index (χ4v) is 2.72. The first-order valence-corrected chi connectivity index (χ1v) is 7.34. The van der Waals surface area contributed by atoms with Crippen molar-refractivity contribution >= 4 is 33.6 Å². The molecular weight excluding hydrogens is 340 g/mol. The van der Waals surface area contributed by atoms with E-state index in [0.29, 0.717) is 18.0 Å². The summed E-state index contributed by atoms with van der Waals surface area (Å²) in [4.78, 5) is 24.9. The lowest BCUT2D eigenvalue weighted by atomic mass is 9.99. The number of benzene rings is 1. The number of rotatable bonds is 3. The molecule has 0 unspecified atom stereocenters. The van der Waals surface area contributed by atoms with E-state index < -0.39 is 11.9 Å². The van der Waals surface area contributed by atoms with Gasteiger partial charge in [-0.2, -0.15) is 0 Å². The maximum Gasteiger partial charge on any atom is 0.321 e. The number of carboxylic acid groups (broad SMARTS) is 1. The van der Waals surface area contributed by atoms with Crippen LogP contribution in [0.1, 0.15) is 6.92 Å². The lowest BCUT2D eigenvalue weighted by Crippen LogP contribution is -2.33. The molecule has 1 saturated heterocycles. The smallest absolute Gasteiger partial charge is 0.321 e. The number of urea groups is 1. The molecule has 0 spiro atoms. The van der Waals surface area contributed by atoms with Crippen LogP contribution in [0.5, 0.6) is 5.75 Å². The molecule has 0 aliphatic carbocycles. The quantitative estimate of drug-likeness (QED) is 0.872. The third kappa shape index (κ3) is 3.47. The van der Waals surface area contributed by atoms with Crippen LogP contribution in [0.25, 0.3) is 0 Å². The molecule has 1 aromatic carbocycles. The minimum absolute atomic E-state index is 0.0537. The SMILES string of the molecule is COc1ccc(Br)c(NC(=O)N2C[C@@H](C)[C@H](C(=O)O)C2)c1. The van der Waals surface area contributed by atoms with Crippen molar-refractivity contribution in [2.45, 2.75) is 6.92 Å². The first kappa shape index (κ1) is 15.6. The Morgan fingerprint density at radius 3 is 2.71 bits per heavy atom. The molecule has 6 nitrogen and oxygen atoms in total. The number of methoxy groups -OCH3 is 1. The highest BCUT2D eigenvalue weighted by molar-refractivity contribution is 9.10. The van der Waals surface area contributed by atoms with E-state index in [0.717, 1.165) is 4.47 Å². The summed E-state index contributed by atoms with van der Waals surface area (Å²) in [6, 6.07) is 4.95. The number of halogens is 1. The molecule has 1 aliphatic rings.